The van der Waals surface area contributed by atoms with E-state index in [9.17, 15) is 17.6 Å². The van der Waals surface area contributed by atoms with Gasteiger partial charge in [0.1, 0.15) is 5.82 Å². The van der Waals surface area contributed by atoms with E-state index in [0.717, 1.165) is 6.07 Å². The van der Waals surface area contributed by atoms with Gasteiger partial charge in [0, 0.05) is 0 Å². The summed E-state index contributed by atoms with van der Waals surface area (Å²) >= 11 is 11.1. The van der Waals surface area contributed by atoms with Crippen LogP contribution in [0.3, 0.4) is 0 Å². The maximum absolute atomic E-state index is 13.8. The van der Waals surface area contributed by atoms with Crippen molar-refractivity contribution in [2.45, 2.75) is 4.90 Å². The minimum atomic E-state index is -4.10. The summed E-state index contributed by atoms with van der Waals surface area (Å²) in [7, 11) is -4.10. The molecule has 1 heterocycles. The number of hydrogen-bond acceptors (Lipinski definition) is 5. The Bertz CT molecular complexity index is 1170. The summed E-state index contributed by atoms with van der Waals surface area (Å²) in [6.45, 7) is 0. The standard InChI is InChI=1S/C18H13ClFN3O4S2/c19-12-8-7-11(29(25,26)23-14-5-2-1-4-13(14)20)10-15(12)21-18(28)22-17(24)16-6-3-9-27-16/h1-10,23H,(H2,21,22,24,28). The van der Waals surface area contributed by atoms with Crippen molar-refractivity contribution in [3.05, 3.63) is 77.5 Å². The summed E-state index contributed by atoms with van der Waals surface area (Å²) in [4.78, 5) is 11.8. The highest BCUT2D eigenvalue weighted by Gasteiger charge is 2.18. The van der Waals surface area contributed by atoms with E-state index in [1.54, 1.807) is 6.07 Å². The fourth-order valence-corrected chi connectivity index (χ4v) is 3.70. The van der Waals surface area contributed by atoms with Gasteiger partial charge in [0.2, 0.25) is 0 Å². The molecule has 150 valence electrons. The number of carbonyl (C=O) groups excluding carboxylic acids is 1. The minimum absolute atomic E-state index is 0.0469. The van der Waals surface area contributed by atoms with Gasteiger partial charge in [0.25, 0.3) is 15.9 Å². The fraction of sp³-hybridized carbons (Fsp3) is 0. The largest absolute Gasteiger partial charge is 0.459 e. The zero-order chi connectivity index (χ0) is 21.0. The van der Waals surface area contributed by atoms with E-state index in [2.05, 4.69) is 15.4 Å². The Hall–Kier alpha value is -2.95. The van der Waals surface area contributed by atoms with Crippen molar-refractivity contribution in [1.29, 1.82) is 0 Å². The lowest BCUT2D eigenvalue weighted by atomic mass is 10.3. The minimum Gasteiger partial charge on any atom is -0.459 e. The van der Waals surface area contributed by atoms with Crippen molar-refractivity contribution in [3.8, 4) is 0 Å². The van der Waals surface area contributed by atoms with Crippen LogP contribution in [0.5, 0.6) is 0 Å². The van der Waals surface area contributed by atoms with Crippen LogP contribution in [0, 0.1) is 5.82 Å². The Morgan fingerprint density at radius 1 is 1.07 bits per heavy atom. The smallest absolute Gasteiger partial charge is 0.293 e. The highest BCUT2D eigenvalue weighted by atomic mass is 35.5. The van der Waals surface area contributed by atoms with Crippen LogP contribution < -0.4 is 15.4 Å². The second-order valence-electron chi connectivity index (χ2n) is 5.61. The number of halogens is 2. The lowest BCUT2D eigenvalue weighted by molar-refractivity contribution is 0.0950. The predicted molar refractivity (Wildman–Crippen MR) is 111 cm³/mol. The average molecular weight is 454 g/mol. The van der Waals surface area contributed by atoms with E-state index >= 15 is 0 Å². The third kappa shape index (κ3) is 5.11. The number of para-hydroxylation sites is 1. The van der Waals surface area contributed by atoms with Crippen LogP contribution in [0.25, 0.3) is 0 Å². The number of hydrogen-bond donors (Lipinski definition) is 3. The van der Waals surface area contributed by atoms with Crippen molar-refractivity contribution in [2.24, 2.45) is 0 Å². The Labute approximate surface area is 175 Å². The highest BCUT2D eigenvalue weighted by Crippen LogP contribution is 2.27. The van der Waals surface area contributed by atoms with Gasteiger partial charge in [-0.15, -0.1) is 0 Å². The summed E-state index contributed by atoms with van der Waals surface area (Å²) in [6, 6.07) is 12.1. The molecule has 0 saturated heterocycles. The maximum atomic E-state index is 13.8. The normalized spacial score (nSPS) is 11.0. The Morgan fingerprint density at radius 2 is 1.83 bits per heavy atom. The molecule has 0 saturated carbocycles. The van der Waals surface area contributed by atoms with Crippen LogP contribution in [0.2, 0.25) is 5.02 Å². The number of rotatable bonds is 5. The van der Waals surface area contributed by atoms with Gasteiger partial charge in [-0.05, 0) is 54.7 Å². The Kier molecular flexibility index (Phi) is 6.16. The number of thiocarbonyl (C=S) groups is 1. The zero-order valence-corrected chi connectivity index (χ0v) is 16.9. The molecule has 2 aromatic carbocycles. The lowest BCUT2D eigenvalue weighted by Gasteiger charge is -2.13. The first-order valence-electron chi connectivity index (χ1n) is 7.99. The monoisotopic (exact) mass is 453 g/mol. The molecule has 11 heteroatoms. The van der Waals surface area contributed by atoms with E-state index in [4.69, 9.17) is 28.2 Å². The topological polar surface area (TPSA) is 100 Å². The molecule has 0 aliphatic heterocycles. The summed E-state index contributed by atoms with van der Waals surface area (Å²) in [5.74, 6) is -1.26. The number of carbonyl (C=O) groups is 1. The van der Waals surface area contributed by atoms with Crippen LogP contribution in [-0.4, -0.2) is 19.4 Å². The van der Waals surface area contributed by atoms with Crippen molar-refractivity contribution in [1.82, 2.24) is 5.32 Å². The molecular weight excluding hydrogens is 441 g/mol. The van der Waals surface area contributed by atoms with E-state index < -0.39 is 21.7 Å². The number of furan rings is 1. The molecule has 0 bridgehead atoms. The number of anilines is 2. The third-order valence-electron chi connectivity index (χ3n) is 3.59. The van der Waals surface area contributed by atoms with Crippen LogP contribution in [0.4, 0.5) is 15.8 Å². The van der Waals surface area contributed by atoms with Gasteiger partial charge < -0.3 is 9.73 Å². The van der Waals surface area contributed by atoms with Gasteiger partial charge in [-0.2, -0.15) is 0 Å². The maximum Gasteiger partial charge on any atom is 0.293 e. The van der Waals surface area contributed by atoms with Gasteiger partial charge in [-0.25, -0.2) is 12.8 Å². The molecule has 0 fully saturated rings. The first-order valence-corrected chi connectivity index (χ1v) is 10.3. The molecule has 0 aliphatic rings. The molecule has 0 aliphatic carbocycles. The third-order valence-corrected chi connectivity index (χ3v) is 5.48. The quantitative estimate of drug-likeness (QED) is 0.505. The molecular formula is C18H13ClFN3O4S2. The molecule has 29 heavy (non-hydrogen) atoms. The number of amides is 1. The first-order chi connectivity index (χ1) is 13.8. The average Bonchev–Trinajstić information content (AvgIpc) is 3.20. The molecule has 1 amide bonds. The number of sulfonamides is 1. The molecule has 7 nitrogen and oxygen atoms in total. The van der Waals surface area contributed by atoms with Crippen molar-refractivity contribution in [2.75, 3.05) is 10.0 Å². The Morgan fingerprint density at radius 3 is 2.52 bits per heavy atom. The summed E-state index contributed by atoms with van der Waals surface area (Å²) in [5.41, 5.74) is -0.0639. The van der Waals surface area contributed by atoms with Gasteiger partial charge in [0.05, 0.1) is 27.6 Å². The van der Waals surface area contributed by atoms with E-state index in [-0.39, 0.29) is 32.2 Å². The molecule has 3 N–H and O–H groups in total. The zero-order valence-electron chi connectivity index (χ0n) is 14.5. The fourth-order valence-electron chi connectivity index (χ4n) is 2.24. The first kappa shape index (κ1) is 20.8. The summed E-state index contributed by atoms with van der Waals surface area (Å²) in [5, 5.41) is 5.06. The van der Waals surface area contributed by atoms with Crippen LogP contribution in [-0.2, 0) is 10.0 Å². The Balaban J connectivity index is 1.78. The van der Waals surface area contributed by atoms with E-state index in [0.29, 0.717) is 0 Å². The second-order valence-corrected chi connectivity index (χ2v) is 8.11. The second kappa shape index (κ2) is 8.60. The molecule has 0 atom stereocenters. The van der Waals surface area contributed by atoms with Gasteiger partial charge >= 0.3 is 0 Å². The van der Waals surface area contributed by atoms with Gasteiger partial charge in [-0.1, -0.05) is 23.7 Å². The number of nitrogens with one attached hydrogen (secondary N) is 3. The van der Waals surface area contributed by atoms with Crippen molar-refractivity contribution < 1.29 is 22.0 Å². The van der Waals surface area contributed by atoms with Gasteiger partial charge in [-0.3, -0.25) is 14.8 Å². The lowest BCUT2D eigenvalue weighted by Crippen LogP contribution is -2.34. The molecule has 0 spiro atoms. The van der Waals surface area contributed by atoms with E-state index in [1.165, 1.54) is 48.7 Å². The van der Waals surface area contributed by atoms with Crippen molar-refractivity contribution >= 4 is 56.2 Å². The predicted octanol–water partition coefficient (Wildman–Crippen LogP) is 4.00. The molecule has 0 unspecified atom stereocenters. The number of benzene rings is 2. The highest BCUT2D eigenvalue weighted by molar-refractivity contribution is 7.92. The van der Waals surface area contributed by atoms with E-state index in [1.807, 2.05) is 0 Å². The van der Waals surface area contributed by atoms with Crippen LogP contribution in [0.1, 0.15) is 10.6 Å². The molecule has 3 rings (SSSR count). The van der Waals surface area contributed by atoms with Crippen molar-refractivity contribution in [3.63, 3.8) is 0 Å². The molecule has 0 radical (unpaired) electrons. The van der Waals surface area contributed by atoms with Gasteiger partial charge in [0.15, 0.2) is 10.9 Å². The molecule has 3 aromatic rings. The summed E-state index contributed by atoms with van der Waals surface area (Å²) < 4.78 is 46.0. The molecule has 1 aromatic heterocycles. The SMILES string of the molecule is O=C(NC(=S)Nc1cc(S(=O)(=O)Nc2ccccc2F)ccc1Cl)c1ccco1. The van der Waals surface area contributed by atoms with Crippen LogP contribution in [0.15, 0.2) is 70.2 Å². The summed E-state index contributed by atoms with van der Waals surface area (Å²) in [6.07, 6.45) is 1.33. The van der Waals surface area contributed by atoms with Crippen LogP contribution >= 0.6 is 23.8 Å².